The van der Waals surface area contributed by atoms with E-state index < -0.39 is 10.8 Å². The number of piperidine rings is 1. The van der Waals surface area contributed by atoms with E-state index in [0.717, 1.165) is 59.3 Å². The summed E-state index contributed by atoms with van der Waals surface area (Å²) in [6.07, 6.45) is 4.38. The standard InChI is InChI=1S/C27H29ClN2O3S2/c1-35(32)23-8-4-19(5-9-23)17-29-26(31)24-16-21-10-15-33-27(25(21)34-24)11-13-30(14-12-27)18-20-2-6-22(28)7-3-20/h2-9,16H,10-15,17-18H2,1H3,(H,29,31). The Morgan fingerprint density at radius 2 is 1.80 bits per heavy atom. The Hall–Kier alpha value is -2.03. The number of ether oxygens (including phenoxy) is 1. The highest BCUT2D eigenvalue weighted by Crippen LogP contribution is 2.45. The van der Waals surface area contributed by atoms with E-state index in [0.29, 0.717) is 13.2 Å². The molecule has 1 spiro atoms. The Bertz CT molecular complexity index is 1220. The maximum absolute atomic E-state index is 13.0. The molecule has 0 bridgehead atoms. The van der Waals surface area contributed by atoms with Gasteiger partial charge >= 0.3 is 0 Å². The van der Waals surface area contributed by atoms with Crippen molar-refractivity contribution in [3.8, 4) is 0 Å². The van der Waals surface area contributed by atoms with Crippen LogP contribution in [0.1, 0.15) is 44.1 Å². The lowest BCUT2D eigenvalue weighted by Crippen LogP contribution is -2.45. The molecule has 3 aromatic rings. The second kappa shape index (κ2) is 10.5. The number of likely N-dealkylation sites (tertiary alicyclic amines) is 1. The lowest BCUT2D eigenvalue weighted by atomic mass is 9.85. The van der Waals surface area contributed by atoms with Crippen molar-refractivity contribution < 1.29 is 13.7 Å². The van der Waals surface area contributed by atoms with E-state index in [9.17, 15) is 9.00 Å². The molecule has 1 unspecified atom stereocenters. The Balaban J connectivity index is 1.22. The van der Waals surface area contributed by atoms with Crippen molar-refractivity contribution in [1.82, 2.24) is 10.2 Å². The largest absolute Gasteiger partial charge is 0.369 e. The molecule has 35 heavy (non-hydrogen) atoms. The minimum absolute atomic E-state index is 0.0529. The molecule has 0 radical (unpaired) electrons. The zero-order chi connectivity index (χ0) is 24.4. The average Bonchev–Trinajstić information content (AvgIpc) is 3.32. The number of carbonyl (C=O) groups excluding carboxylic acids is 1. The summed E-state index contributed by atoms with van der Waals surface area (Å²) in [6.45, 7) is 3.97. The third-order valence-electron chi connectivity index (χ3n) is 6.89. The summed E-state index contributed by atoms with van der Waals surface area (Å²) in [6, 6.07) is 17.6. The first-order valence-corrected chi connectivity index (χ1v) is 14.6. The van der Waals surface area contributed by atoms with Gasteiger partial charge in [-0.05, 0) is 66.3 Å². The number of nitrogens with zero attached hydrogens (tertiary/aromatic N) is 1. The number of fused-ring (bicyclic) bond motifs is 2. The van der Waals surface area contributed by atoms with E-state index in [1.54, 1.807) is 17.6 Å². The van der Waals surface area contributed by atoms with Gasteiger partial charge in [0.25, 0.3) is 5.91 Å². The number of amides is 1. The lowest BCUT2D eigenvalue weighted by molar-refractivity contribution is -0.0960. The van der Waals surface area contributed by atoms with Crippen LogP contribution in [0.3, 0.4) is 0 Å². The normalized spacial score (nSPS) is 18.2. The Morgan fingerprint density at radius 1 is 1.11 bits per heavy atom. The van der Waals surface area contributed by atoms with Gasteiger partial charge < -0.3 is 10.1 Å². The molecule has 0 aliphatic carbocycles. The Labute approximate surface area is 217 Å². The SMILES string of the molecule is CS(=O)c1ccc(CNC(=O)c2cc3c(s2)C2(CCN(Cc4ccc(Cl)cc4)CC2)OCC3)cc1. The maximum Gasteiger partial charge on any atom is 0.261 e. The van der Waals surface area contributed by atoms with Crippen molar-refractivity contribution in [2.45, 2.75) is 42.8 Å². The van der Waals surface area contributed by atoms with Gasteiger partial charge in [0.1, 0.15) is 5.60 Å². The number of thiophene rings is 1. The molecule has 5 nitrogen and oxygen atoms in total. The predicted octanol–water partition coefficient (Wildman–Crippen LogP) is 5.13. The predicted molar refractivity (Wildman–Crippen MR) is 142 cm³/mol. The molecule has 2 aliphatic rings. The molecular weight excluding hydrogens is 500 g/mol. The third kappa shape index (κ3) is 5.54. The van der Waals surface area contributed by atoms with Crippen LogP contribution in [0.25, 0.3) is 0 Å². The van der Waals surface area contributed by atoms with E-state index in [1.165, 1.54) is 16.0 Å². The summed E-state index contributed by atoms with van der Waals surface area (Å²) in [4.78, 5) is 18.2. The molecule has 1 aromatic heterocycles. The molecule has 1 atom stereocenters. The minimum atomic E-state index is -1.00. The fourth-order valence-electron chi connectivity index (χ4n) is 4.89. The summed E-state index contributed by atoms with van der Waals surface area (Å²) in [5, 5.41) is 3.80. The van der Waals surface area contributed by atoms with Crippen LogP contribution in [-0.2, 0) is 40.6 Å². The number of hydrogen-bond acceptors (Lipinski definition) is 5. The van der Waals surface area contributed by atoms with Gasteiger partial charge in [0.05, 0.1) is 11.5 Å². The zero-order valence-corrected chi connectivity index (χ0v) is 22.1. The first-order valence-electron chi connectivity index (χ1n) is 11.9. The van der Waals surface area contributed by atoms with E-state index in [2.05, 4.69) is 28.4 Å². The summed E-state index contributed by atoms with van der Waals surface area (Å²) in [5.41, 5.74) is 3.23. The quantitative estimate of drug-likeness (QED) is 0.481. The highest BCUT2D eigenvalue weighted by Gasteiger charge is 2.42. The summed E-state index contributed by atoms with van der Waals surface area (Å²) < 4.78 is 18.0. The molecule has 184 valence electrons. The van der Waals surface area contributed by atoms with Gasteiger partial charge in [0, 0.05) is 58.0 Å². The zero-order valence-electron chi connectivity index (χ0n) is 19.7. The van der Waals surface area contributed by atoms with Crippen molar-refractivity contribution in [1.29, 1.82) is 0 Å². The second-order valence-corrected chi connectivity index (χ2v) is 12.1. The molecule has 0 saturated carbocycles. The molecule has 1 amide bonds. The van der Waals surface area contributed by atoms with E-state index in [4.69, 9.17) is 16.3 Å². The average molecular weight is 529 g/mol. The highest BCUT2D eigenvalue weighted by molar-refractivity contribution is 7.84. The number of benzene rings is 2. The summed E-state index contributed by atoms with van der Waals surface area (Å²) in [5.74, 6) is -0.0529. The van der Waals surface area contributed by atoms with Gasteiger partial charge in [-0.1, -0.05) is 35.9 Å². The molecule has 1 saturated heterocycles. The first kappa shape index (κ1) is 24.7. The molecule has 2 aliphatic heterocycles. The van der Waals surface area contributed by atoms with Crippen LogP contribution in [0.2, 0.25) is 5.02 Å². The van der Waals surface area contributed by atoms with Crippen LogP contribution < -0.4 is 5.32 Å². The van der Waals surface area contributed by atoms with Crippen molar-refractivity contribution in [3.05, 3.63) is 86.1 Å². The van der Waals surface area contributed by atoms with Crippen molar-refractivity contribution >= 4 is 39.6 Å². The van der Waals surface area contributed by atoms with Crippen molar-refractivity contribution in [2.24, 2.45) is 0 Å². The molecule has 5 rings (SSSR count). The van der Waals surface area contributed by atoms with Gasteiger partial charge in [-0.25, -0.2) is 0 Å². The Morgan fingerprint density at radius 3 is 2.49 bits per heavy atom. The van der Waals surface area contributed by atoms with Crippen LogP contribution >= 0.6 is 22.9 Å². The fourth-order valence-corrected chi connectivity index (χ4v) is 6.87. The van der Waals surface area contributed by atoms with Crippen LogP contribution in [0, 0.1) is 0 Å². The van der Waals surface area contributed by atoms with Gasteiger partial charge in [-0.15, -0.1) is 11.3 Å². The maximum atomic E-state index is 13.0. The minimum Gasteiger partial charge on any atom is -0.369 e. The molecule has 3 heterocycles. The lowest BCUT2D eigenvalue weighted by Gasteiger charge is -2.43. The van der Waals surface area contributed by atoms with Gasteiger partial charge in [-0.3, -0.25) is 13.9 Å². The van der Waals surface area contributed by atoms with Crippen LogP contribution in [0.5, 0.6) is 0 Å². The number of nitrogens with one attached hydrogen (secondary N) is 1. The van der Waals surface area contributed by atoms with Crippen LogP contribution in [-0.4, -0.2) is 41.0 Å². The number of hydrogen-bond donors (Lipinski definition) is 1. The summed E-state index contributed by atoms with van der Waals surface area (Å²) >= 11 is 7.61. The second-order valence-electron chi connectivity index (χ2n) is 9.24. The van der Waals surface area contributed by atoms with E-state index in [1.807, 2.05) is 36.4 Å². The van der Waals surface area contributed by atoms with Crippen molar-refractivity contribution in [3.63, 3.8) is 0 Å². The first-order chi connectivity index (χ1) is 16.9. The monoisotopic (exact) mass is 528 g/mol. The van der Waals surface area contributed by atoms with E-state index in [-0.39, 0.29) is 11.5 Å². The van der Waals surface area contributed by atoms with Gasteiger partial charge in [0.15, 0.2) is 0 Å². The highest BCUT2D eigenvalue weighted by atomic mass is 35.5. The molecular formula is C27H29ClN2O3S2. The molecule has 1 N–H and O–H groups in total. The van der Waals surface area contributed by atoms with E-state index >= 15 is 0 Å². The topological polar surface area (TPSA) is 58.6 Å². The van der Waals surface area contributed by atoms with Gasteiger partial charge in [0.2, 0.25) is 0 Å². The molecule has 8 heteroatoms. The third-order valence-corrected chi connectivity index (χ3v) is 9.44. The van der Waals surface area contributed by atoms with Crippen LogP contribution in [0.4, 0.5) is 0 Å². The van der Waals surface area contributed by atoms with Crippen LogP contribution in [0.15, 0.2) is 59.5 Å². The summed E-state index contributed by atoms with van der Waals surface area (Å²) in [7, 11) is -1.00. The smallest absolute Gasteiger partial charge is 0.261 e. The molecule has 2 aromatic carbocycles. The number of carbonyl (C=O) groups is 1. The van der Waals surface area contributed by atoms with Gasteiger partial charge in [-0.2, -0.15) is 0 Å². The fraction of sp³-hybridized carbons (Fsp3) is 0.370. The van der Waals surface area contributed by atoms with Crippen molar-refractivity contribution in [2.75, 3.05) is 26.0 Å². The Kier molecular flexibility index (Phi) is 7.42. The number of halogens is 1. The molecule has 1 fully saturated rings. The number of rotatable bonds is 6.